The van der Waals surface area contributed by atoms with Crippen molar-refractivity contribution < 1.29 is 9.53 Å². The van der Waals surface area contributed by atoms with Crippen LogP contribution in [0.1, 0.15) is 19.4 Å². The van der Waals surface area contributed by atoms with E-state index in [4.69, 9.17) is 4.74 Å². The van der Waals surface area contributed by atoms with E-state index in [1.165, 1.54) is 10.9 Å². The SMILES string of the molecule is CCOC(=O)CN[C@H](C)Cc1c[nH]c2ccccc12. The first-order chi connectivity index (χ1) is 9.20. The standard InChI is InChI=1S/C15H20N2O2/c1-3-19-15(18)10-16-11(2)8-12-9-17-14-7-5-4-6-13(12)14/h4-7,9,11,16-17H,3,8,10H2,1-2H3/t11-/m1/s1. The van der Waals surface area contributed by atoms with Gasteiger partial charge in [-0.3, -0.25) is 4.79 Å². The number of carbonyl (C=O) groups is 1. The third-order valence-corrected chi connectivity index (χ3v) is 3.10. The predicted molar refractivity (Wildman–Crippen MR) is 76.1 cm³/mol. The van der Waals surface area contributed by atoms with Gasteiger partial charge in [0.2, 0.25) is 0 Å². The van der Waals surface area contributed by atoms with Crippen LogP contribution in [-0.2, 0) is 16.0 Å². The molecule has 2 rings (SSSR count). The van der Waals surface area contributed by atoms with Crippen LogP contribution in [0.25, 0.3) is 10.9 Å². The lowest BCUT2D eigenvalue weighted by Crippen LogP contribution is -2.33. The molecule has 1 heterocycles. The van der Waals surface area contributed by atoms with Crippen molar-refractivity contribution >= 4 is 16.9 Å². The number of rotatable bonds is 6. The first-order valence-corrected chi connectivity index (χ1v) is 6.64. The smallest absolute Gasteiger partial charge is 0.319 e. The summed E-state index contributed by atoms with van der Waals surface area (Å²) in [6.07, 6.45) is 2.91. The molecule has 4 heteroatoms. The molecule has 0 aliphatic heterocycles. The zero-order valence-electron chi connectivity index (χ0n) is 11.4. The Kier molecular flexibility index (Phi) is 4.58. The summed E-state index contributed by atoms with van der Waals surface area (Å²) in [5, 5.41) is 4.42. The first kappa shape index (κ1) is 13.6. The summed E-state index contributed by atoms with van der Waals surface area (Å²) >= 11 is 0. The second-order valence-corrected chi connectivity index (χ2v) is 4.65. The second kappa shape index (κ2) is 6.38. The van der Waals surface area contributed by atoms with Gasteiger partial charge in [0.05, 0.1) is 13.2 Å². The van der Waals surface area contributed by atoms with Crippen molar-refractivity contribution in [1.29, 1.82) is 0 Å². The van der Waals surface area contributed by atoms with Gasteiger partial charge in [-0.1, -0.05) is 18.2 Å². The van der Waals surface area contributed by atoms with Crippen LogP contribution in [0.2, 0.25) is 0 Å². The molecule has 1 atom stereocenters. The largest absolute Gasteiger partial charge is 0.465 e. The molecule has 0 spiro atoms. The van der Waals surface area contributed by atoms with Gasteiger partial charge in [-0.15, -0.1) is 0 Å². The molecule has 0 saturated heterocycles. The number of para-hydroxylation sites is 1. The Balaban J connectivity index is 1.92. The maximum Gasteiger partial charge on any atom is 0.319 e. The predicted octanol–water partition coefficient (Wildman–Crippen LogP) is 2.25. The summed E-state index contributed by atoms with van der Waals surface area (Å²) in [6.45, 7) is 4.57. The van der Waals surface area contributed by atoms with Crippen LogP contribution in [0.15, 0.2) is 30.5 Å². The van der Waals surface area contributed by atoms with Gasteiger partial charge < -0.3 is 15.0 Å². The van der Waals surface area contributed by atoms with Crippen molar-refractivity contribution in [1.82, 2.24) is 10.3 Å². The van der Waals surface area contributed by atoms with Gasteiger partial charge in [0.1, 0.15) is 0 Å². The Morgan fingerprint density at radius 2 is 2.21 bits per heavy atom. The molecular weight excluding hydrogens is 240 g/mol. The summed E-state index contributed by atoms with van der Waals surface area (Å²) in [4.78, 5) is 14.5. The van der Waals surface area contributed by atoms with Crippen LogP contribution in [0, 0.1) is 0 Å². The summed E-state index contributed by atoms with van der Waals surface area (Å²) in [5.41, 5.74) is 2.41. The van der Waals surface area contributed by atoms with Gasteiger partial charge in [0.25, 0.3) is 0 Å². The van der Waals surface area contributed by atoms with Crippen molar-refractivity contribution in [2.75, 3.05) is 13.2 Å². The van der Waals surface area contributed by atoms with E-state index >= 15 is 0 Å². The maximum absolute atomic E-state index is 11.3. The number of fused-ring (bicyclic) bond motifs is 1. The number of esters is 1. The number of benzene rings is 1. The zero-order chi connectivity index (χ0) is 13.7. The van der Waals surface area contributed by atoms with Gasteiger partial charge in [-0.25, -0.2) is 0 Å². The van der Waals surface area contributed by atoms with E-state index < -0.39 is 0 Å². The Morgan fingerprint density at radius 3 is 3.00 bits per heavy atom. The van der Waals surface area contributed by atoms with E-state index in [1.807, 2.05) is 25.3 Å². The Morgan fingerprint density at radius 1 is 1.42 bits per heavy atom. The fraction of sp³-hybridized carbons (Fsp3) is 0.400. The molecule has 4 nitrogen and oxygen atoms in total. The summed E-state index contributed by atoms with van der Waals surface area (Å²) in [7, 11) is 0. The fourth-order valence-corrected chi connectivity index (χ4v) is 2.17. The van der Waals surface area contributed by atoms with Gasteiger partial charge in [0, 0.05) is 23.1 Å². The molecule has 0 fully saturated rings. The molecule has 2 N–H and O–H groups in total. The number of carbonyl (C=O) groups excluding carboxylic acids is 1. The van der Waals surface area contributed by atoms with Crippen molar-refractivity contribution in [2.45, 2.75) is 26.3 Å². The zero-order valence-corrected chi connectivity index (χ0v) is 11.4. The minimum absolute atomic E-state index is 0.201. The molecule has 0 saturated carbocycles. The molecule has 0 unspecified atom stereocenters. The lowest BCUT2D eigenvalue weighted by atomic mass is 10.1. The molecule has 0 bridgehead atoms. The lowest BCUT2D eigenvalue weighted by molar-refractivity contribution is -0.142. The van der Waals surface area contributed by atoms with E-state index in [-0.39, 0.29) is 18.6 Å². The van der Waals surface area contributed by atoms with Gasteiger partial charge in [-0.2, -0.15) is 0 Å². The maximum atomic E-state index is 11.3. The lowest BCUT2D eigenvalue weighted by Gasteiger charge is -2.12. The number of hydrogen-bond donors (Lipinski definition) is 2. The quantitative estimate of drug-likeness (QED) is 0.783. The molecule has 1 aromatic carbocycles. The molecule has 19 heavy (non-hydrogen) atoms. The van der Waals surface area contributed by atoms with Crippen LogP contribution < -0.4 is 5.32 Å². The average molecular weight is 260 g/mol. The number of nitrogens with one attached hydrogen (secondary N) is 2. The fourth-order valence-electron chi connectivity index (χ4n) is 2.17. The number of ether oxygens (including phenoxy) is 1. The van der Waals surface area contributed by atoms with Gasteiger partial charge >= 0.3 is 5.97 Å². The van der Waals surface area contributed by atoms with Crippen molar-refractivity contribution in [3.63, 3.8) is 0 Å². The minimum atomic E-state index is -0.201. The molecule has 0 aliphatic carbocycles. The molecule has 0 aliphatic rings. The van der Waals surface area contributed by atoms with E-state index in [2.05, 4.69) is 29.4 Å². The van der Waals surface area contributed by atoms with Crippen molar-refractivity contribution in [3.8, 4) is 0 Å². The third-order valence-electron chi connectivity index (χ3n) is 3.10. The van der Waals surface area contributed by atoms with E-state index in [0.717, 1.165) is 11.9 Å². The Bertz CT molecular complexity index is 548. The molecule has 2 aromatic rings. The van der Waals surface area contributed by atoms with Crippen molar-refractivity contribution in [2.24, 2.45) is 0 Å². The van der Waals surface area contributed by atoms with E-state index in [1.54, 1.807) is 0 Å². The summed E-state index contributed by atoms with van der Waals surface area (Å²) in [6, 6.07) is 8.46. The van der Waals surface area contributed by atoms with E-state index in [9.17, 15) is 4.79 Å². The summed E-state index contributed by atoms with van der Waals surface area (Å²) in [5.74, 6) is -0.201. The van der Waals surface area contributed by atoms with Gasteiger partial charge in [0.15, 0.2) is 0 Å². The molecule has 1 aromatic heterocycles. The summed E-state index contributed by atoms with van der Waals surface area (Å²) < 4.78 is 4.89. The number of aromatic nitrogens is 1. The van der Waals surface area contributed by atoms with Gasteiger partial charge in [-0.05, 0) is 31.9 Å². The minimum Gasteiger partial charge on any atom is -0.465 e. The highest BCUT2D eigenvalue weighted by Crippen LogP contribution is 2.18. The van der Waals surface area contributed by atoms with Crippen LogP contribution in [-0.4, -0.2) is 30.1 Å². The highest BCUT2D eigenvalue weighted by Gasteiger charge is 2.09. The normalized spacial score (nSPS) is 12.5. The number of aromatic amines is 1. The third kappa shape index (κ3) is 3.58. The molecule has 102 valence electrons. The van der Waals surface area contributed by atoms with Crippen LogP contribution in [0.4, 0.5) is 0 Å². The first-order valence-electron chi connectivity index (χ1n) is 6.64. The van der Waals surface area contributed by atoms with Crippen LogP contribution in [0.5, 0.6) is 0 Å². The van der Waals surface area contributed by atoms with Crippen molar-refractivity contribution in [3.05, 3.63) is 36.0 Å². The van der Waals surface area contributed by atoms with Crippen LogP contribution >= 0.6 is 0 Å². The monoisotopic (exact) mass is 260 g/mol. The van der Waals surface area contributed by atoms with E-state index in [0.29, 0.717) is 6.61 Å². The highest BCUT2D eigenvalue weighted by atomic mass is 16.5. The topological polar surface area (TPSA) is 54.1 Å². The Labute approximate surface area is 113 Å². The molecule has 0 amide bonds. The highest BCUT2D eigenvalue weighted by molar-refractivity contribution is 5.83. The number of hydrogen-bond acceptors (Lipinski definition) is 3. The molecular formula is C15H20N2O2. The number of H-pyrrole nitrogens is 1. The average Bonchev–Trinajstić information content (AvgIpc) is 2.80. The van der Waals surface area contributed by atoms with Crippen LogP contribution in [0.3, 0.4) is 0 Å². The molecule has 0 radical (unpaired) electrons. The second-order valence-electron chi connectivity index (χ2n) is 4.65. The Hall–Kier alpha value is -1.81.